The molecule has 0 fully saturated rings. The average Bonchev–Trinajstić information content (AvgIpc) is 3.38. The van der Waals surface area contributed by atoms with Crippen LogP contribution >= 0.6 is 0 Å². The average molecular weight is 702 g/mol. The van der Waals surface area contributed by atoms with Gasteiger partial charge >= 0.3 is 11.9 Å². The van der Waals surface area contributed by atoms with E-state index in [9.17, 15) is 32.0 Å². The number of halogens is 1. The Morgan fingerprint density at radius 2 is 1.74 bits per heavy atom. The second-order valence-corrected chi connectivity index (χ2v) is 13.8. The van der Waals surface area contributed by atoms with E-state index in [1.165, 1.54) is 12.1 Å². The summed E-state index contributed by atoms with van der Waals surface area (Å²) in [5.41, 5.74) is 4.20. The molecule has 0 saturated heterocycles. The standard InChI is InChI=1S/C21H21FN2O4S.C15H11NO5/c22-14-5-8-16(9-6-14)29(27,28)23-15-7-10-20-18(13-15)17-3-1-2-4-19(17)24(20)12-11-21(25)26;1-6-3-4-8-12(7(6)2)16-14(18)11-9(17)5-10(15(19)20)21-13(8)11/h1-6,8-9,15,23H,7,10-13H2,(H,25,26);3-5H,1-2H3,(H,16,18)(H,19,20)/t15-;/m1./s1. The summed E-state index contributed by atoms with van der Waals surface area (Å²) < 4.78 is 48.5. The molecule has 258 valence electrons. The van der Waals surface area contributed by atoms with Gasteiger partial charge in [-0.2, -0.15) is 0 Å². The fourth-order valence-electron chi connectivity index (χ4n) is 6.41. The molecule has 3 heterocycles. The molecule has 0 amide bonds. The van der Waals surface area contributed by atoms with Crippen molar-refractivity contribution in [1.29, 1.82) is 0 Å². The molecular weight excluding hydrogens is 669 g/mol. The predicted molar refractivity (Wildman–Crippen MR) is 184 cm³/mol. The number of aromatic carboxylic acids is 1. The molecule has 6 aromatic rings. The van der Waals surface area contributed by atoms with Crippen molar-refractivity contribution in [2.24, 2.45) is 0 Å². The number of aromatic nitrogens is 2. The molecule has 1 aliphatic carbocycles. The SMILES string of the molecule is Cc1ccc2c([nH]c(=O)c3c(=O)cc(C(=O)O)oc32)c1C.O=C(O)CCn1c2c(c3ccccc31)C[C@H](NS(=O)(=O)c1ccc(F)cc1)CC2. The summed E-state index contributed by atoms with van der Waals surface area (Å²) in [7, 11) is -3.75. The van der Waals surface area contributed by atoms with Gasteiger partial charge in [0.05, 0.1) is 16.8 Å². The fraction of sp³-hybridized carbons (Fsp3) is 0.222. The van der Waals surface area contributed by atoms with E-state index in [2.05, 4.69) is 9.71 Å². The second-order valence-electron chi connectivity index (χ2n) is 12.1. The fourth-order valence-corrected chi connectivity index (χ4v) is 7.68. The van der Waals surface area contributed by atoms with Crippen molar-refractivity contribution < 1.29 is 37.0 Å². The van der Waals surface area contributed by atoms with E-state index in [-0.39, 0.29) is 28.3 Å². The highest BCUT2D eigenvalue weighted by Crippen LogP contribution is 2.33. The summed E-state index contributed by atoms with van der Waals surface area (Å²) >= 11 is 0. The lowest BCUT2D eigenvalue weighted by atomic mass is 9.92. The number of hydrogen-bond donors (Lipinski definition) is 4. The van der Waals surface area contributed by atoms with Crippen LogP contribution in [0.2, 0.25) is 0 Å². The molecule has 0 radical (unpaired) electrons. The normalized spacial score (nSPS) is 14.3. The number of para-hydroxylation sites is 1. The van der Waals surface area contributed by atoms with Gasteiger partial charge < -0.3 is 24.2 Å². The highest BCUT2D eigenvalue weighted by atomic mass is 32.2. The Morgan fingerprint density at radius 3 is 2.44 bits per heavy atom. The summed E-state index contributed by atoms with van der Waals surface area (Å²) in [6, 6.07) is 16.6. The molecule has 0 spiro atoms. The Hall–Kier alpha value is -5.60. The van der Waals surface area contributed by atoms with E-state index in [1.54, 1.807) is 6.07 Å². The highest BCUT2D eigenvalue weighted by Gasteiger charge is 2.29. The molecule has 3 aromatic carbocycles. The molecule has 14 heteroatoms. The van der Waals surface area contributed by atoms with Crippen molar-refractivity contribution >= 4 is 54.7 Å². The number of hydrogen-bond acceptors (Lipinski definition) is 7. The van der Waals surface area contributed by atoms with Gasteiger partial charge in [-0.15, -0.1) is 0 Å². The van der Waals surface area contributed by atoms with Gasteiger partial charge in [-0.3, -0.25) is 14.4 Å². The molecule has 12 nitrogen and oxygen atoms in total. The summed E-state index contributed by atoms with van der Waals surface area (Å²) in [6.07, 6.45) is 1.82. The van der Waals surface area contributed by atoms with E-state index in [0.29, 0.717) is 36.7 Å². The van der Waals surface area contributed by atoms with Gasteiger partial charge in [0, 0.05) is 40.6 Å². The van der Waals surface area contributed by atoms with E-state index in [1.807, 2.05) is 48.7 Å². The van der Waals surface area contributed by atoms with Crippen LogP contribution in [0.3, 0.4) is 0 Å². The summed E-state index contributed by atoms with van der Waals surface area (Å²) in [5.74, 6) is -3.18. The molecule has 0 saturated carbocycles. The number of nitrogens with one attached hydrogen (secondary N) is 2. The monoisotopic (exact) mass is 701 g/mol. The van der Waals surface area contributed by atoms with Crippen LogP contribution in [0.5, 0.6) is 0 Å². The van der Waals surface area contributed by atoms with Gasteiger partial charge in [-0.25, -0.2) is 22.3 Å². The van der Waals surface area contributed by atoms with Crippen LogP contribution in [-0.2, 0) is 34.2 Å². The Balaban J connectivity index is 0.000000182. The minimum Gasteiger partial charge on any atom is -0.481 e. The summed E-state index contributed by atoms with van der Waals surface area (Å²) in [6.45, 7) is 4.11. The van der Waals surface area contributed by atoms with Crippen LogP contribution in [0.25, 0.3) is 32.8 Å². The topological polar surface area (TPSA) is 189 Å². The number of aryl methyl sites for hydroxylation is 3. The quantitative estimate of drug-likeness (QED) is 0.165. The molecule has 1 atom stereocenters. The number of nitrogens with zero attached hydrogens (tertiary/aromatic N) is 1. The third kappa shape index (κ3) is 6.54. The highest BCUT2D eigenvalue weighted by molar-refractivity contribution is 7.89. The van der Waals surface area contributed by atoms with E-state index in [0.717, 1.165) is 51.5 Å². The lowest BCUT2D eigenvalue weighted by Crippen LogP contribution is -2.39. The van der Waals surface area contributed by atoms with Crippen molar-refractivity contribution in [2.45, 2.75) is 57.0 Å². The molecule has 3 aromatic heterocycles. The van der Waals surface area contributed by atoms with Crippen LogP contribution < -0.4 is 15.7 Å². The van der Waals surface area contributed by atoms with Gasteiger partial charge in [0.25, 0.3) is 5.56 Å². The number of pyridine rings is 1. The Morgan fingerprint density at radius 1 is 1.02 bits per heavy atom. The number of carbonyl (C=O) groups is 2. The third-order valence-electron chi connectivity index (χ3n) is 8.97. The number of aromatic amines is 1. The number of carboxylic acid groups (broad SMARTS) is 2. The van der Waals surface area contributed by atoms with E-state index < -0.39 is 44.5 Å². The Bertz CT molecular complexity index is 2550. The van der Waals surface area contributed by atoms with Crippen LogP contribution in [-0.4, -0.2) is 46.2 Å². The first-order chi connectivity index (χ1) is 23.7. The minimum atomic E-state index is -3.75. The molecule has 50 heavy (non-hydrogen) atoms. The van der Waals surface area contributed by atoms with Gasteiger partial charge in [-0.05, 0) is 86.2 Å². The number of sulfonamides is 1. The van der Waals surface area contributed by atoms with Crippen molar-refractivity contribution in [3.05, 3.63) is 121 Å². The van der Waals surface area contributed by atoms with Crippen LogP contribution in [0, 0.1) is 19.7 Å². The van der Waals surface area contributed by atoms with Crippen molar-refractivity contribution in [1.82, 2.24) is 14.3 Å². The summed E-state index contributed by atoms with van der Waals surface area (Å²) in [4.78, 5) is 48.8. The number of carboxylic acids is 2. The zero-order chi connectivity index (χ0) is 35.9. The number of aliphatic carboxylic acids is 1. The Kier molecular flexibility index (Phi) is 9.16. The van der Waals surface area contributed by atoms with Gasteiger partial charge in [-0.1, -0.05) is 24.3 Å². The van der Waals surface area contributed by atoms with Gasteiger partial charge in [0.2, 0.25) is 15.8 Å². The van der Waals surface area contributed by atoms with E-state index >= 15 is 0 Å². The first-order valence-electron chi connectivity index (χ1n) is 15.7. The zero-order valence-corrected chi connectivity index (χ0v) is 27.8. The number of benzene rings is 3. The van der Waals surface area contributed by atoms with Gasteiger partial charge in [0.15, 0.2) is 11.0 Å². The largest absolute Gasteiger partial charge is 0.481 e. The summed E-state index contributed by atoms with van der Waals surface area (Å²) in [5, 5.41) is 19.4. The number of rotatable bonds is 7. The first-order valence-corrected chi connectivity index (χ1v) is 17.2. The zero-order valence-electron chi connectivity index (χ0n) is 26.9. The maximum Gasteiger partial charge on any atom is 0.371 e. The number of fused-ring (bicyclic) bond motifs is 6. The van der Waals surface area contributed by atoms with Crippen LogP contribution in [0.15, 0.2) is 85.6 Å². The molecule has 0 unspecified atom stereocenters. The van der Waals surface area contributed by atoms with Gasteiger partial charge in [0.1, 0.15) is 11.2 Å². The maximum absolute atomic E-state index is 13.1. The van der Waals surface area contributed by atoms with Crippen LogP contribution in [0.4, 0.5) is 4.39 Å². The van der Waals surface area contributed by atoms with E-state index in [4.69, 9.17) is 14.6 Å². The van der Waals surface area contributed by atoms with Crippen LogP contribution in [0.1, 0.15) is 45.8 Å². The third-order valence-corrected chi connectivity index (χ3v) is 10.5. The molecule has 1 aliphatic rings. The smallest absolute Gasteiger partial charge is 0.371 e. The predicted octanol–water partition coefficient (Wildman–Crippen LogP) is 5.04. The first kappa shape index (κ1) is 34.3. The molecule has 4 N–H and O–H groups in total. The van der Waals surface area contributed by atoms with Crippen molar-refractivity contribution in [3.8, 4) is 0 Å². The molecule has 0 aliphatic heterocycles. The minimum absolute atomic E-state index is 0.00162. The van der Waals surface area contributed by atoms with Crippen molar-refractivity contribution in [3.63, 3.8) is 0 Å². The molecule has 0 bridgehead atoms. The Labute approximate surface area is 283 Å². The molecular formula is C36H32FN3O9S. The lowest BCUT2D eigenvalue weighted by molar-refractivity contribution is -0.137. The molecule has 7 rings (SSSR count). The van der Waals surface area contributed by atoms with Crippen molar-refractivity contribution in [2.75, 3.05) is 0 Å². The lowest BCUT2D eigenvalue weighted by Gasteiger charge is -2.25. The maximum atomic E-state index is 13.1. The number of H-pyrrole nitrogens is 1. The second kappa shape index (κ2) is 13.4.